The molecule has 116 valence electrons. The average molecular weight is 303 g/mol. The van der Waals surface area contributed by atoms with Gasteiger partial charge in [0.05, 0.1) is 18.1 Å². The van der Waals surface area contributed by atoms with Crippen LogP contribution in [0.5, 0.6) is 0 Å². The van der Waals surface area contributed by atoms with Gasteiger partial charge in [-0.3, -0.25) is 9.59 Å². The molecule has 0 aromatic carbocycles. The largest absolute Gasteiger partial charge is 0.481 e. The van der Waals surface area contributed by atoms with Gasteiger partial charge in [0.15, 0.2) is 0 Å². The van der Waals surface area contributed by atoms with E-state index in [0.29, 0.717) is 11.6 Å². The van der Waals surface area contributed by atoms with Gasteiger partial charge in [-0.15, -0.1) is 0 Å². The number of aromatic nitrogens is 4. The van der Waals surface area contributed by atoms with E-state index in [9.17, 15) is 14.7 Å². The molecule has 22 heavy (non-hydrogen) atoms. The summed E-state index contributed by atoms with van der Waals surface area (Å²) >= 11 is 0. The molecule has 2 heterocycles. The van der Waals surface area contributed by atoms with Crippen molar-refractivity contribution in [3.63, 3.8) is 0 Å². The first-order chi connectivity index (χ1) is 10.3. The van der Waals surface area contributed by atoms with Crippen molar-refractivity contribution in [1.82, 2.24) is 19.7 Å². The predicted molar refractivity (Wildman–Crippen MR) is 78.4 cm³/mol. The Bertz CT molecular complexity index is 675. The Balaban J connectivity index is 2.16. The van der Waals surface area contributed by atoms with Crippen LogP contribution in [0, 0.1) is 11.3 Å². The molecular formula is C14H17N5O3. The molecule has 0 bridgehead atoms. The number of rotatable bonds is 4. The average Bonchev–Trinajstić information content (AvgIpc) is 2.86. The van der Waals surface area contributed by atoms with Crippen molar-refractivity contribution in [2.45, 2.75) is 20.8 Å². The number of hydrogen-bond donors (Lipinski definition) is 2. The van der Waals surface area contributed by atoms with E-state index in [0.717, 1.165) is 0 Å². The second kappa shape index (κ2) is 5.92. The van der Waals surface area contributed by atoms with Crippen molar-refractivity contribution >= 4 is 17.6 Å². The smallest absolute Gasteiger partial charge is 0.316 e. The molecule has 1 unspecified atom stereocenters. The standard InChI is InChI=1S/C14H17N5O3/c1-14(2,3)10(12(21)22)11(20)18-9-7-17-19(8-9)13-15-5-4-6-16-13/h4-8,10H,1-3H3,(H,18,20)(H,21,22). The van der Waals surface area contributed by atoms with E-state index in [2.05, 4.69) is 20.4 Å². The maximum Gasteiger partial charge on any atom is 0.316 e. The van der Waals surface area contributed by atoms with Gasteiger partial charge >= 0.3 is 5.97 Å². The van der Waals surface area contributed by atoms with E-state index in [-0.39, 0.29) is 0 Å². The number of carboxylic acid groups (broad SMARTS) is 1. The van der Waals surface area contributed by atoms with Crippen LogP contribution in [-0.2, 0) is 9.59 Å². The van der Waals surface area contributed by atoms with E-state index in [1.54, 1.807) is 39.2 Å². The number of nitrogens with zero attached hydrogens (tertiary/aromatic N) is 4. The Labute approximate surface area is 127 Å². The van der Waals surface area contributed by atoms with Crippen molar-refractivity contribution in [3.05, 3.63) is 30.9 Å². The summed E-state index contributed by atoms with van der Waals surface area (Å²) in [5, 5.41) is 15.8. The first-order valence-electron chi connectivity index (χ1n) is 6.65. The Morgan fingerprint density at radius 3 is 2.45 bits per heavy atom. The van der Waals surface area contributed by atoms with E-state index in [1.807, 2.05) is 0 Å². The topological polar surface area (TPSA) is 110 Å². The van der Waals surface area contributed by atoms with Gasteiger partial charge in [-0.2, -0.15) is 5.10 Å². The van der Waals surface area contributed by atoms with Crippen LogP contribution in [0.2, 0.25) is 0 Å². The summed E-state index contributed by atoms with van der Waals surface area (Å²) in [5.74, 6) is -2.56. The highest BCUT2D eigenvalue weighted by molar-refractivity contribution is 6.04. The minimum Gasteiger partial charge on any atom is -0.481 e. The molecule has 0 fully saturated rings. The number of carboxylic acids is 1. The highest BCUT2D eigenvalue weighted by Gasteiger charge is 2.37. The molecule has 0 spiro atoms. The molecule has 0 saturated heterocycles. The summed E-state index contributed by atoms with van der Waals surface area (Å²) in [5.41, 5.74) is -0.318. The third-order valence-corrected chi connectivity index (χ3v) is 2.98. The van der Waals surface area contributed by atoms with Crippen molar-refractivity contribution in [2.24, 2.45) is 11.3 Å². The van der Waals surface area contributed by atoms with Gasteiger partial charge < -0.3 is 10.4 Å². The number of nitrogens with one attached hydrogen (secondary N) is 1. The summed E-state index contributed by atoms with van der Waals surface area (Å²) in [6, 6.07) is 1.68. The quantitative estimate of drug-likeness (QED) is 0.825. The Hall–Kier alpha value is -2.77. The van der Waals surface area contributed by atoms with Crippen molar-refractivity contribution in [1.29, 1.82) is 0 Å². The molecular weight excluding hydrogens is 286 g/mol. The van der Waals surface area contributed by atoms with Crippen molar-refractivity contribution < 1.29 is 14.7 Å². The summed E-state index contributed by atoms with van der Waals surface area (Å²) in [6.07, 6.45) is 6.08. The molecule has 0 aliphatic rings. The zero-order valence-electron chi connectivity index (χ0n) is 12.5. The summed E-state index contributed by atoms with van der Waals surface area (Å²) in [4.78, 5) is 31.5. The lowest BCUT2D eigenvalue weighted by molar-refractivity contribution is -0.149. The Morgan fingerprint density at radius 2 is 1.91 bits per heavy atom. The second-order valence-electron chi connectivity index (χ2n) is 5.85. The fourth-order valence-corrected chi connectivity index (χ4v) is 2.00. The Morgan fingerprint density at radius 1 is 1.27 bits per heavy atom. The lowest BCUT2D eigenvalue weighted by atomic mass is 9.80. The van der Waals surface area contributed by atoms with E-state index in [4.69, 9.17) is 0 Å². The molecule has 0 aliphatic heterocycles. The lowest BCUT2D eigenvalue weighted by Crippen LogP contribution is -2.39. The fourth-order valence-electron chi connectivity index (χ4n) is 2.00. The normalized spacial score (nSPS) is 12.7. The second-order valence-corrected chi connectivity index (χ2v) is 5.85. The van der Waals surface area contributed by atoms with Crippen LogP contribution < -0.4 is 5.32 Å². The summed E-state index contributed by atoms with van der Waals surface area (Å²) in [7, 11) is 0. The first kappa shape index (κ1) is 15.6. The van der Waals surface area contributed by atoms with Gasteiger partial charge in [0, 0.05) is 12.4 Å². The van der Waals surface area contributed by atoms with Gasteiger partial charge in [-0.25, -0.2) is 14.6 Å². The van der Waals surface area contributed by atoms with Crippen LogP contribution in [0.25, 0.3) is 5.95 Å². The molecule has 0 saturated carbocycles. The summed E-state index contributed by atoms with van der Waals surface area (Å²) < 4.78 is 1.39. The maximum absolute atomic E-state index is 12.2. The fraction of sp³-hybridized carbons (Fsp3) is 0.357. The number of anilines is 1. The van der Waals surface area contributed by atoms with Crippen LogP contribution in [0.3, 0.4) is 0 Å². The van der Waals surface area contributed by atoms with Gasteiger partial charge in [-0.1, -0.05) is 20.8 Å². The minimum atomic E-state index is -1.16. The maximum atomic E-state index is 12.2. The third kappa shape index (κ3) is 3.46. The molecule has 2 rings (SSSR count). The molecule has 0 radical (unpaired) electrons. The first-order valence-corrected chi connectivity index (χ1v) is 6.65. The van der Waals surface area contributed by atoms with E-state index < -0.39 is 23.2 Å². The number of carbonyl (C=O) groups excluding carboxylic acids is 1. The van der Waals surface area contributed by atoms with E-state index >= 15 is 0 Å². The molecule has 8 nitrogen and oxygen atoms in total. The summed E-state index contributed by atoms with van der Waals surface area (Å²) in [6.45, 7) is 5.10. The SMILES string of the molecule is CC(C)(C)C(C(=O)O)C(=O)Nc1cnn(-c2ncccn2)c1. The monoisotopic (exact) mass is 303 g/mol. The number of amides is 1. The third-order valence-electron chi connectivity index (χ3n) is 2.98. The highest BCUT2D eigenvalue weighted by atomic mass is 16.4. The molecule has 8 heteroatoms. The zero-order chi connectivity index (χ0) is 16.3. The molecule has 2 aromatic heterocycles. The highest BCUT2D eigenvalue weighted by Crippen LogP contribution is 2.27. The van der Waals surface area contributed by atoms with Crippen LogP contribution in [0.4, 0.5) is 5.69 Å². The molecule has 1 amide bonds. The van der Waals surface area contributed by atoms with E-state index in [1.165, 1.54) is 17.1 Å². The van der Waals surface area contributed by atoms with Gasteiger partial charge in [0.2, 0.25) is 11.9 Å². The number of aliphatic carboxylic acids is 1. The molecule has 0 aliphatic carbocycles. The lowest BCUT2D eigenvalue weighted by Gasteiger charge is -2.25. The molecule has 2 aromatic rings. The Kier molecular flexibility index (Phi) is 4.20. The van der Waals surface area contributed by atoms with Gasteiger partial charge in [0.25, 0.3) is 0 Å². The molecule has 1 atom stereocenters. The van der Waals surface area contributed by atoms with Crippen LogP contribution >= 0.6 is 0 Å². The minimum absolute atomic E-state index is 0.355. The van der Waals surface area contributed by atoms with Gasteiger partial charge in [0.1, 0.15) is 5.92 Å². The van der Waals surface area contributed by atoms with Crippen LogP contribution in [0.15, 0.2) is 30.9 Å². The van der Waals surface area contributed by atoms with Crippen LogP contribution in [0.1, 0.15) is 20.8 Å². The molecule has 2 N–H and O–H groups in total. The van der Waals surface area contributed by atoms with Crippen LogP contribution in [-0.4, -0.2) is 36.7 Å². The number of hydrogen-bond acceptors (Lipinski definition) is 5. The zero-order valence-corrected chi connectivity index (χ0v) is 12.5. The predicted octanol–water partition coefficient (Wildman–Crippen LogP) is 1.35. The number of carbonyl (C=O) groups is 2. The van der Waals surface area contributed by atoms with Crippen molar-refractivity contribution in [3.8, 4) is 5.95 Å². The van der Waals surface area contributed by atoms with Gasteiger partial charge in [-0.05, 0) is 11.5 Å². The van der Waals surface area contributed by atoms with Crippen molar-refractivity contribution in [2.75, 3.05) is 5.32 Å².